The number of morpholine rings is 1. The van der Waals surface area contributed by atoms with Crippen molar-refractivity contribution in [2.24, 2.45) is 0 Å². The molecular weight excluding hydrogens is 202 g/mol. The third-order valence-corrected chi connectivity index (χ3v) is 3.43. The Hall–Kier alpha value is -0.630. The molecule has 0 spiro atoms. The van der Waals surface area contributed by atoms with Crippen molar-refractivity contribution in [1.82, 2.24) is 10.2 Å². The summed E-state index contributed by atoms with van der Waals surface area (Å²) in [6.07, 6.45) is 1.94. The fourth-order valence-corrected chi connectivity index (χ4v) is 1.97. The van der Waals surface area contributed by atoms with Crippen LogP contribution in [-0.4, -0.2) is 49.8 Å². The van der Waals surface area contributed by atoms with Crippen LogP contribution in [0.1, 0.15) is 26.7 Å². The van der Waals surface area contributed by atoms with Gasteiger partial charge in [-0.05, 0) is 40.3 Å². The topological polar surface area (TPSA) is 48.3 Å². The Kier molecular flexibility index (Phi) is 5.20. The molecule has 1 N–H and O–H groups in total. The lowest BCUT2D eigenvalue weighted by molar-refractivity contribution is -0.00132. The molecule has 1 rings (SSSR count). The standard InChI is InChI=1S/C12H23N3O/c1-11-9-16-8-7-15(11)6-4-5-12(2,10-13)14-3/h11,14H,4-9H2,1-3H3. The summed E-state index contributed by atoms with van der Waals surface area (Å²) in [5.74, 6) is 0. The molecule has 2 atom stereocenters. The number of nitrogens with zero attached hydrogens (tertiary/aromatic N) is 2. The number of hydrogen-bond donors (Lipinski definition) is 1. The SMILES string of the molecule is CNC(C)(C#N)CCCN1CCOCC1C. The second-order valence-electron chi connectivity index (χ2n) is 4.76. The summed E-state index contributed by atoms with van der Waals surface area (Å²) < 4.78 is 5.40. The predicted molar refractivity (Wildman–Crippen MR) is 64.2 cm³/mol. The molecule has 4 nitrogen and oxygen atoms in total. The fourth-order valence-electron chi connectivity index (χ4n) is 1.97. The first-order valence-electron chi connectivity index (χ1n) is 6.03. The van der Waals surface area contributed by atoms with Gasteiger partial charge in [-0.15, -0.1) is 0 Å². The van der Waals surface area contributed by atoms with Crippen LogP contribution >= 0.6 is 0 Å². The Bertz CT molecular complexity index is 251. The van der Waals surface area contributed by atoms with Crippen molar-refractivity contribution in [2.45, 2.75) is 38.3 Å². The lowest BCUT2D eigenvalue weighted by Crippen LogP contribution is -2.45. The number of ether oxygens (including phenoxy) is 1. The third-order valence-electron chi connectivity index (χ3n) is 3.43. The van der Waals surface area contributed by atoms with Gasteiger partial charge in [-0.3, -0.25) is 4.90 Å². The molecule has 4 heteroatoms. The summed E-state index contributed by atoms with van der Waals surface area (Å²) in [7, 11) is 1.85. The van der Waals surface area contributed by atoms with Crippen LogP contribution in [0.3, 0.4) is 0 Å². The average molecular weight is 225 g/mol. The summed E-state index contributed by atoms with van der Waals surface area (Å²) in [4.78, 5) is 2.44. The van der Waals surface area contributed by atoms with Gasteiger partial charge >= 0.3 is 0 Å². The van der Waals surface area contributed by atoms with Gasteiger partial charge in [-0.25, -0.2) is 0 Å². The highest BCUT2D eigenvalue weighted by Crippen LogP contribution is 2.13. The fraction of sp³-hybridized carbons (Fsp3) is 0.917. The molecule has 0 aliphatic carbocycles. The quantitative estimate of drug-likeness (QED) is 0.758. The van der Waals surface area contributed by atoms with Crippen LogP contribution in [0.15, 0.2) is 0 Å². The van der Waals surface area contributed by atoms with Crippen molar-refractivity contribution in [3.05, 3.63) is 0 Å². The van der Waals surface area contributed by atoms with E-state index >= 15 is 0 Å². The molecular formula is C12H23N3O. The van der Waals surface area contributed by atoms with Gasteiger partial charge in [-0.2, -0.15) is 5.26 Å². The van der Waals surface area contributed by atoms with Crippen LogP contribution in [0.25, 0.3) is 0 Å². The van der Waals surface area contributed by atoms with E-state index in [0.717, 1.165) is 39.1 Å². The van der Waals surface area contributed by atoms with Crippen LogP contribution in [-0.2, 0) is 4.74 Å². The van der Waals surface area contributed by atoms with E-state index < -0.39 is 0 Å². The highest BCUT2D eigenvalue weighted by molar-refractivity contribution is 5.02. The Morgan fingerprint density at radius 3 is 2.94 bits per heavy atom. The minimum Gasteiger partial charge on any atom is -0.379 e. The van der Waals surface area contributed by atoms with E-state index in [1.165, 1.54) is 0 Å². The molecule has 0 saturated carbocycles. The summed E-state index contributed by atoms with van der Waals surface area (Å²) in [6.45, 7) is 7.90. The first kappa shape index (κ1) is 13.4. The van der Waals surface area contributed by atoms with Gasteiger partial charge in [0.15, 0.2) is 0 Å². The minimum atomic E-state index is -0.379. The zero-order chi connectivity index (χ0) is 12.0. The summed E-state index contributed by atoms with van der Waals surface area (Å²) in [6, 6.07) is 2.83. The van der Waals surface area contributed by atoms with Gasteiger partial charge in [0.1, 0.15) is 5.54 Å². The normalized spacial score (nSPS) is 26.0. The first-order valence-corrected chi connectivity index (χ1v) is 6.03. The van der Waals surface area contributed by atoms with Crippen LogP contribution in [0.5, 0.6) is 0 Å². The number of nitrogens with one attached hydrogen (secondary N) is 1. The maximum Gasteiger partial charge on any atom is 0.103 e. The number of rotatable bonds is 5. The third kappa shape index (κ3) is 3.75. The van der Waals surface area contributed by atoms with E-state index in [4.69, 9.17) is 10.00 Å². The molecule has 16 heavy (non-hydrogen) atoms. The minimum absolute atomic E-state index is 0.379. The molecule has 1 aliphatic rings. The molecule has 2 unspecified atom stereocenters. The molecule has 0 aromatic carbocycles. The number of nitriles is 1. The van der Waals surface area contributed by atoms with E-state index in [9.17, 15) is 0 Å². The zero-order valence-electron chi connectivity index (χ0n) is 10.6. The average Bonchev–Trinajstić information content (AvgIpc) is 2.31. The van der Waals surface area contributed by atoms with Gasteiger partial charge < -0.3 is 10.1 Å². The van der Waals surface area contributed by atoms with Crippen LogP contribution in [0.2, 0.25) is 0 Å². The Labute approximate surface area is 98.6 Å². The molecule has 1 heterocycles. The van der Waals surface area contributed by atoms with E-state index in [-0.39, 0.29) is 5.54 Å². The second-order valence-corrected chi connectivity index (χ2v) is 4.76. The van der Waals surface area contributed by atoms with Crippen molar-refractivity contribution in [3.63, 3.8) is 0 Å². The Balaban J connectivity index is 2.27. The van der Waals surface area contributed by atoms with Crippen molar-refractivity contribution in [3.8, 4) is 6.07 Å². The maximum atomic E-state index is 9.03. The molecule has 1 aliphatic heterocycles. The van der Waals surface area contributed by atoms with Gasteiger partial charge in [0.2, 0.25) is 0 Å². The molecule has 0 aromatic heterocycles. The zero-order valence-corrected chi connectivity index (χ0v) is 10.6. The Morgan fingerprint density at radius 1 is 1.62 bits per heavy atom. The second kappa shape index (κ2) is 6.19. The van der Waals surface area contributed by atoms with Gasteiger partial charge in [0, 0.05) is 12.6 Å². The molecule has 0 amide bonds. The lowest BCUT2D eigenvalue weighted by Gasteiger charge is -2.33. The summed E-state index contributed by atoms with van der Waals surface area (Å²) in [5, 5.41) is 12.1. The van der Waals surface area contributed by atoms with Crippen LogP contribution in [0.4, 0.5) is 0 Å². The van der Waals surface area contributed by atoms with Crippen molar-refractivity contribution >= 4 is 0 Å². The summed E-state index contributed by atoms with van der Waals surface area (Å²) >= 11 is 0. The molecule has 92 valence electrons. The van der Waals surface area contributed by atoms with E-state index in [2.05, 4.69) is 23.2 Å². The van der Waals surface area contributed by atoms with Crippen molar-refractivity contribution in [2.75, 3.05) is 33.4 Å². The highest BCUT2D eigenvalue weighted by Gasteiger charge is 2.22. The van der Waals surface area contributed by atoms with Crippen LogP contribution in [0, 0.1) is 11.3 Å². The van der Waals surface area contributed by atoms with E-state index in [0.29, 0.717) is 6.04 Å². The summed E-state index contributed by atoms with van der Waals surface area (Å²) in [5.41, 5.74) is -0.379. The van der Waals surface area contributed by atoms with Crippen molar-refractivity contribution in [1.29, 1.82) is 5.26 Å². The smallest absolute Gasteiger partial charge is 0.103 e. The maximum absolute atomic E-state index is 9.03. The number of hydrogen-bond acceptors (Lipinski definition) is 4. The van der Waals surface area contributed by atoms with Crippen LogP contribution < -0.4 is 5.32 Å². The molecule has 1 saturated heterocycles. The van der Waals surface area contributed by atoms with Gasteiger partial charge in [-0.1, -0.05) is 0 Å². The molecule has 0 bridgehead atoms. The van der Waals surface area contributed by atoms with E-state index in [1.54, 1.807) is 0 Å². The van der Waals surface area contributed by atoms with Gasteiger partial charge in [0.05, 0.1) is 19.3 Å². The molecule has 0 aromatic rings. The molecule has 1 fully saturated rings. The molecule has 0 radical (unpaired) electrons. The van der Waals surface area contributed by atoms with Crippen molar-refractivity contribution < 1.29 is 4.74 Å². The largest absolute Gasteiger partial charge is 0.379 e. The Morgan fingerprint density at radius 2 is 2.38 bits per heavy atom. The van der Waals surface area contributed by atoms with Gasteiger partial charge in [0.25, 0.3) is 0 Å². The highest BCUT2D eigenvalue weighted by atomic mass is 16.5. The first-order chi connectivity index (χ1) is 7.61. The predicted octanol–water partition coefficient (Wildman–Crippen LogP) is 0.989. The van der Waals surface area contributed by atoms with E-state index in [1.807, 2.05) is 14.0 Å². The monoisotopic (exact) mass is 225 g/mol. The lowest BCUT2D eigenvalue weighted by atomic mass is 9.98.